The second-order valence-electron chi connectivity index (χ2n) is 6.44. The van der Waals surface area contributed by atoms with E-state index in [0.29, 0.717) is 0 Å². The van der Waals surface area contributed by atoms with E-state index in [1.165, 1.54) is 11.3 Å². The standard InChI is InChI=1S/C18H28ClN3O2/c1-15-17(22-6-3-20-4-7-22)13-16(19)14-18(15)24-10-2-5-21-8-11-23-12-9-21/h13-14,20H,2-12H2,1H3. The molecule has 2 saturated heterocycles. The Bertz CT molecular complexity index is 529. The van der Waals surface area contributed by atoms with Crippen LogP contribution in [0.2, 0.25) is 5.02 Å². The number of nitrogens with one attached hydrogen (secondary N) is 1. The molecule has 134 valence electrons. The topological polar surface area (TPSA) is 37.0 Å². The molecule has 2 heterocycles. The molecular weight excluding hydrogens is 326 g/mol. The average Bonchev–Trinajstić information content (AvgIpc) is 2.63. The van der Waals surface area contributed by atoms with Gasteiger partial charge in [0.05, 0.1) is 19.8 Å². The first-order valence-corrected chi connectivity index (χ1v) is 9.30. The highest BCUT2D eigenvalue weighted by Crippen LogP contribution is 2.33. The predicted octanol–water partition coefficient (Wildman–Crippen LogP) is 2.16. The second kappa shape index (κ2) is 8.90. The van der Waals surface area contributed by atoms with Crippen LogP contribution in [0, 0.1) is 6.92 Å². The molecule has 1 aromatic rings. The van der Waals surface area contributed by atoms with E-state index in [1.54, 1.807) is 0 Å². The van der Waals surface area contributed by atoms with Crippen LogP contribution < -0.4 is 15.0 Å². The van der Waals surface area contributed by atoms with Crippen LogP contribution in [0.1, 0.15) is 12.0 Å². The van der Waals surface area contributed by atoms with E-state index in [2.05, 4.69) is 28.1 Å². The Morgan fingerprint density at radius 1 is 1.17 bits per heavy atom. The van der Waals surface area contributed by atoms with Crippen molar-refractivity contribution in [2.75, 3.05) is 70.5 Å². The fourth-order valence-electron chi connectivity index (χ4n) is 3.32. The van der Waals surface area contributed by atoms with Crippen molar-refractivity contribution in [3.63, 3.8) is 0 Å². The first-order chi connectivity index (χ1) is 11.7. The van der Waals surface area contributed by atoms with Crippen molar-refractivity contribution in [3.05, 3.63) is 22.7 Å². The van der Waals surface area contributed by atoms with Gasteiger partial charge < -0.3 is 19.7 Å². The van der Waals surface area contributed by atoms with Gasteiger partial charge in [-0.05, 0) is 25.5 Å². The van der Waals surface area contributed by atoms with Gasteiger partial charge in [0.15, 0.2) is 0 Å². The van der Waals surface area contributed by atoms with Gasteiger partial charge in [-0.1, -0.05) is 11.6 Å². The molecule has 2 aliphatic rings. The van der Waals surface area contributed by atoms with Gasteiger partial charge in [0.1, 0.15) is 5.75 Å². The van der Waals surface area contributed by atoms with Crippen molar-refractivity contribution < 1.29 is 9.47 Å². The molecule has 0 aromatic heterocycles. The fraction of sp³-hybridized carbons (Fsp3) is 0.667. The highest BCUT2D eigenvalue weighted by atomic mass is 35.5. The summed E-state index contributed by atoms with van der Waals surface area (Å²) < 4.78 is 11.4. The molecule has 3 rings (SSSR count). The number of anilines is 1. The Labute approximate surface area is 149 Å². The highest BCUT2D eigenvalue weighted by Gasteiger charge is 2.16. The number of hydrogen-bond acceptors (Lipinski definition) is 5. The predicted molar refractivity (Wildman–Crippen MR) is 98.6 cm³/mol. The zero-order chi connectivity index (χ0) is 16.8. The van der Waals surface area contributed by atoms with Crippen LogP contribution in [0.15, 0.2) is 12.1 Å². The molecule has 6 heteroatoms. The molecule has 1 aromatic carbocycles. The molecule has 24 heavy (non-hydrogen) atoms. The monoisotopic (exact) mass is 353 g/mol. The van der Waals surface area contributed by atoms with Crippen LogP contribution in [-0.4, -0.2) is 70.5 Å². The van der Waals surface area contributed by atoms with Crippen molar-refractivity contribution in [1.29, 1.82) is 0 Å². The van der Waals surface area contributed by atoms with Crippen LogP contribution in [0.3, 0.4) is 0 Å². The summed E-state index contributed by atoms with van der Waals surface area (Å²) in [7, 11) is 0. The molecule has 2 fully saturated rings. The van der Waals surface area contributed by atoms with Crippen LogP contribution >= 0.6 is 11.6 Å². The molecule has 0 radical (unpaired) electrons. The minimum atomic E-state index is 0.722. The summed E-state index contributed by atoms with van der Waals surface area (Å²) in [6.45, 7) is 11.7. The fourth-order valence-corrected chi connectivity index (χ4v) is 3.52. The summed E-state index contributed by atoms with van der Waals surface area (Å²) in [5, 5.41) is 4.13. The maximum atomic E-state index is 6.33. The van der Waals surface area contributed by atoms with Crippen LogP contribution in [0.5, 0.6) is 5.75 Å². The largest absolute Gasteiger partial charge is 0.493 e. The molecule has 0 bridgehead atoms. The molecule has 0 spiro atoms. The number of benzene rings is 1. The molecule has 5 nitrogen and oxygen atoms in total. The van der Waals surface area contributed by atoms with Gasteiger partial charge in [-0.2, -0.15) is 0 Å². The Hall–Kier alpha value is -1.01. The van der Waals surface area contributed by atoms with Crippen molar-refractivity contribution in [2.24, 2.45) is 0 Å². The smallest absolute Gasteiger partial charge is 0.125 e. The molecule has 2 aliphatic heterocycles. The van der Waals surface area contributed by atoms with Gasteiger partial charge in [-0.3, -0.25) is 4.90 Å². The Morgan fingerprint density at radius 3 is 2.67 bits per heavy atom. The highest BCUT2D eigenvalue weighted by molar-refractivity contribution is 6.31. The zero-order valence-electron chi connectivity index (χ0n) is 14.5. The van der Waals surface area contributed by atoms with E-state index in [0.717, 1.165) is 82.8 Å². The average molecular weight is 354 g/mol. The van der Waals surface area contributed by atoms with E-state index < -0.39 is 0 Å². The van der Waals surface area contributed by atoms with Crippen molar-refractivity contribution >= 4 is 17.3 Å². The van der Waals surface area contributed by atoms with E-state index in [4.69, 9.17) is 21.1 Å². The van der Waals surface area contributed by atoms with E-state index >= 15 is 0 Å². The molecule has 0 aliphatic carbocycles. The quantitative estimate of drug-likeness (QED) is 0.793. The number of morpholine rings is 1. The summed E-state index contributed by atoms with van der Waals surface area (Å²) in [6, 6.07) is 4.00. The summed E-state index contributed by atoms with van der Waals surface area (Å²) in [5.74, 6) is 0.915. The lowest BCUT2D eigenvalue weighted by molar-refractivity contribution is 0.0358. The summed E-state index contributed by atoms with van der Waals surface area (Å²) in [4.78, 5) is 4.82. The maximum Gasteiger partial charge on any atom is 0.125 e. The summed E-state index contributed by atoms with van der Waals surface area (Å²) in [5.41, 5.74) is 2.39. The van der Waals surface area contributed by atoms with E-state index in [-0.39, 0.29) is 0 Å². The molecule has 1 N–H and O–H groups in total. The number of nitrogens with zero attached hydrogens (tertiary/aromatic N) is 2. The number of hydrogen-bond donors (Lipinski definition) is 1. The van der Waals surface area contributed by atoms with Gasteiger partial charge in [-0.25, -0.2) is 0 Å². The molecular formula is C18H28ClN3O2. The van der Waals surface area contributed by atoms with Gasteiger partial charge in [-0.15, -0.1) is 0 Å². The number of halogens is 1. The normalized spacial score (nSPS) is 19.5. The van der Waals surface area contributed by atoms with Crippen molar-refractivity contribution in [2.45, 2.75) is 13.3 Å². The van der Waals surface area contributed by atoms with E-state index in [9.17, 15) is 0 Å². The summed E-state index contributed by atoms with van der Waals surface area (Å²) >= 11 is 6.33. The Balaban J connectivity index is 1.55. The van der Waals surface area contributed by atoms with Crippen LogP contribution in [-0.2, 0) is 4.74 Å². The lowest BCUT2D eigenvalue weighted by atomic mass is 10.1. The number of ether oxygens (including phenoxy) is 2. The first-order valence-electron chi connectivity index (χ1n) is 8.93. The lowest BCUT2D eigenvalue weighted by Crippen LogP contribution is -2.43. The van der Waals surface area contributed by atoms with Gasteiger partial charge in [0.2, 0.25) is 0 Å². The number of piperazine rings is 1. The molecule has 0 amide bonds. The molecule has 0 unspecified atom stereocenters. The summed E-state index contributed by atoms with van der Waals surface area (Å²) in [6.07, 6.45) is 1.02. The minimum absolute atomic E-state index is 0.722. The van der Waals surface area contributed by atoms with Gasteiger partial charge >= 0.3 is 0 Å². The molecule has 0 atom stereocenters. The van der Waals surface area contributed by atoms with Gasteiger partial charge in [0.25, 0.3) is 0 Å². The zero-order valence-corrected chi connectivity index (χ0v) is 15.3. The van der Waals surface area contributed by atoms with Crippen molar-refractivity contribution in [3.8, 4) is 5.75 Å². The van der Waals surface area contributed by atoms with E-state index in [1.807, 2.05) is 6.07 Å². The second-order valence-corrected chi connectivity index (χ2v) is 6.88. The Kier molecular flexibility index (Phi) is 6.60. The third-order valence-corrected chi connectivity index (χ3v) is 4.95. The third kappa shape index (κ3) is 4.76. The maximum absolute atomic E-state index is 6.33. The lowest BCUT2D eigenvalue weighted by Gasteiger charge is -2.31. The van der Waals surface area contributed by atoms with Crippen molar-refractivity contribution in [1.82, 2.24) is 10.2 Å². The first kappa shape index (κ1) is 17.8. The number of rotatable bonds is 6. The third-order valence-electron chi connectivity index (χ3n) is 4.74. The molecule has 0 saturated carbocycles. The van der Waals surface area contributed by atoms with Crippen LogP contribution in [0.25, 0.3) is 0 Å². The SMILES string of the molecule is Cc1c(OCCCN2CCOCC2)cc(Cl)cc1N1CCNCC1. The minimum Gasteiger partial charge on any atom is -0.493 e. The Morgan fingerprint density at radius 2 is 1.92 bits per heavy atom. The van der Waals surface area contributed by atoms with Gasteiger partial charge in [0, 0.05) is 62.1 Å². The van der Waals surface area contributed by atoms with Crippen LogP contribution in [0.4, 0.5) is 5.69 Å².